The predicted molar refractivity (Wildman–Crippen MR) is 166 cm³/mol. The Labute approximate surface area is 255 Å². The van der Waals surface area contributed by atoms with Crippen molar-refractivity contribution in [2.45, 2.75) is 32.2 Å². The molecular weight excluding hydrogens is 568 g/mol. The predicted octanol–water partition coefficient (Wildman–Crippen LogP) is 6.08. The van der Waals surface area contributed by atoms with Crippen molar-refractivity contribution in [1.29, 1.82) is 0 Å². The minimum Gasteiger partial charge on any atom is -0.495 e. The average Bonchev–Trinajstić information content (AvgIpc) is 3.02. The van der Waals surface area contributed by atoms with Gasteiger partial charge >= 0.3 is 6.03 Å². The number of nitrogens with zero attached hydrogens (tertiary/aromatic N) is 7. The van der Waals surface area contributed by atoms with Crippen LogP contribution in [0, 0.1) is 6.92 Å². The molecule has 12 heteroatoms. The molecule has 0 atom stereocenters. The molecule has 1 saturated heterocycles. The Bertz CT molecular complexity index is 1620. The third-order valence-corrected chi connectivity index (χ3v) is 8.28. The van der Waals surface area contributed by atoms with Gasteiger partial charge in [-0.15, -0.1) is 0 Å². The van der Waals surface area contributed by atoms with Crippen LogP contribution in [-0.2, 0) is 6.54 Å². The molecule has 0 saturated carbocycles. The highest BCUT2D eigenvalue weighted by Gasteiger charge is 2.37. The average molecular weight is 601 g/mol. The maximum Gasteiger partial charge on any atom is 0.336 e. The van der Waals surface area contributed by atoms with E-state index in [9.17, 15) is 4.79 Å². The highest BCUT2D eigenvalue weighted by molar-refractivity contribution is 6.34. The number of amides is 2. The van der Waals surface area contributed by atoms with Crippen molar-refractivity contribution >= 4 is 46.6 Å². The van der Waals surface area contributed by atoms with E-state index in [1.807, 2.05) is 13.0 Å². The van der Waals surface area contributed by atoms with Gasteiger partial charge in [-0.05, 0) is 81.7 Å². The molecule has 0 aliphatic carbocycles. The number of piperidine rings is 1. The number of hydrogen-bond donors (Lipinski definition) is 1. The van der Waals surface area contributed by atoms with E-state index in [-0.39, 0.29) is 12.6 Å². The summed E-state index contributed by atoms with van der Waals surface area (Å²) in [7, 11) is 5.38. The van der Waals surface area contributed by atoms with Crippen molar-refractivity contribution in [3.8, 4) is 11.5 Å². The Morgan fingerprint density at radius 1 is 1.00 bits per heavy atom. The van der Waals surface area contributed by atoms with Gasteiger partial charge < -0.3 is 19.7 Å². The summed E-state index contributed by atoms with van der Waals surface area (Å²) in [4.78, 5) is 37.8. The molecule has 2 aliphatic rings. The number of anilines is 5. The summed E-state index contributed by atoms with van der Waals surface area (Å²) in [6.07, 6.45) is 7.11. The summed E-state index contributed by atoms with van der Waals surface area (Å²) in [6.45, 7) is 4.19. The number of ether oxygens (including phenoxy) is 2. The molecule has 3 aromatic heterocycles. The largest absolute Gasteiger partial charge is 0.495 e. The van der Waals surface area contributed by atoms with Crippen LogP contribution in [0.25, 0.3) is 0 Å². The zero-order valence-electron chi connectivity index (χ0n) is 24.5. The number of benzene rings is 1. The molecule has 0 spiro atoms. The second kappa shape index (κ2) is 12.0. The second-order valence-electron chi connectivity index (χ2n) is 10.7. The van der Waals surface area contributed by atoms with E-state index < -0.39 is 0 Å². The Morgan fingerprint density at radius 3 is 2.51 bits per heavy atom. The van der Waals surface area contributed by atoms with Crippen LogP contribution in [0.3, 0.4) is 0 Å². The van der Waals surface area contributed by atoms with E-state index in [0.717, 1.165) is 31.6 Å². The number of aromatic nitrogens is 4. The summed E-state index contributed by atoms with van der Waals surface area (Å²) in [5, 5.41) is 3.72. The fraction of sp³-hybridized carbons (Fsp3) is 0.323. The summed E-state index contributed by atoms with van der Waals surface area (Å²) >= 11 is 6.56. The van der Waals surface area contributed by atoms with Crippen LogP contribution in [0.5, 0.6) is 11.5 Å². The molecule has 5 heterocycles. The number of hydrogen-bond acceptors (Lipinski definition) is 9. The number of carbonyl (C=O) groups excluding carboxylic acids is 1. The van der Waals surface area contributed by atoms with Crippen LogP contribution in [0.15, 0.2) is 55.0 Å². The lowest BCUT2D eigenvalue weighted by molar-refractivity contribution is 0.252. The van der Waals surface area contributed by atoms with Crippen molar-refractivity contribution in [3.63, 3.8) is 0 Å². The van der Waals surface area contributed by atoms with Gasteiger partial charge in [-0.25, -0.2) is 19.7 Å². The Morgan fingerprint density at radius 2 is 1.81 bits per heavy atom. The molecule has 11 nitrogen and oxygen atoms in total. The first-order valence-electron chi connectivity index (χ1n) is 14.1. The first-order chi connectivity index (χ1) is 20.9. The number of rotatable bonds is 7. The highest BCUT2D eigenvalue weighted by Crippen LogP contribution is 2.40. The number of likely N-dealkylation sites (tertiary alicyclic amines) is 1. The first-order valence-corrected chi connectivity index (χ1v) is 14.5. The number of fused-ring (bicyclic) bond motifs is 1. The van der Waals surface area contributed by atoms with Crippen LogP contribution < -0.4 is 24.6 Å². The highest BCUT2D eigenvalue weighted by atomic mass is 35.5. The van der Waals surface area contributed by atoms with Crippen molar-refractivity contribution in [1.82, 2.24) is 24.8 Å². The van der Waals surface area contributed by atoms with E-state index in [4.69, 9.17) is 26.1 Å². The van der Waals surface area contributed by atoms with Crippen LogP contribution in [0.1, 0.15) is 35.6 Å². The molecule has 222 valence electrons. The molecule has 2 amide bonds. The standard InChI is InChI=1S/C31H33ClN8O3/c1-19-28(24(32)9-12-33-19)39-18-22-16-35-30(37-29(22)40(31(39)41)27-8-6-23(42-3)17-34-27)36-25-7-5-21(15-26(25)43-4)20-10-13-38(2)14-11-20/h5-9,12,15-17,20H,10-11,13-14,18H2,1-4H3,(H,35,36,37). The minimum atomic E-state index is -0.368. The van der Waals surface area contributed by atoms with Crippen molar-refractivity contribution in [2.75, 3.05) is 49.5 Å². The van der Waals surface area contributed by atoms with Crippen LogP contribution >= 0.6 is 11.6 Å². The molecule has 1 aromatic carbocycles. The normalized spacial score (nSPS) is 15.8. The topological polar surface area (TPSA) is 109 Å². The van der Waals surface area contributed by atoms with Crippen molar-refractivity contribution < 1.29 is 14.3 Å². The molecule has 0 bridgehead atoms. The number of aryl methyl sites for hydroxylation is 1. The Balaban J connectivity index is 1.36. The SMILES string of the molecule is COc1ccc(N2C(=O)N(c3c(Cl)ccnc3C)Cc3cnc(Nc4ccc(C5CCN(C)CC5)cc4OC)nc32)nc1. The molecule has 1 N–H and O–H groups in total. The lowest BCUT2D eigenvalue weighted by atomic mass is 9.89. The van der Waals surface area contributed by atoms with Crippen LogP contribution in [0.2, 0.25) is 5.02 Å². The molecule has 4 aromatic rings. The summed E-state index contributed by atoms with van der Waals surface area (Å²) in [5.41, 5.74) is 3.85. The van der Waals surface area contributed by atoms with Gasteiger partial charge in [0.25, 0.3) is 0 Å². The molecule has 43 heavy (non-hydrogen) atoms. The fourth-order valence-electron chi connectivity index (χ4n) is 5.60. The number of nitrogens with one attached hydrogen (secondary N) is 1. The third kappa shape index (κ3) is 5.65. The van der Waals surface area contributed by atoms with Crippen LogP contribution in [0.4, 0.5) is 33.8 Å². The van der Waals surface area contributed by atoms with Gasteiger partial charge in [0, 0.05) is 18.0 Å². The van der Waals surface area contributed by atoms with Gasteiger partial charge in [-0.3, -0.25) is 9.88 Å². The summed E-state index contributed by atoms with van der Waals surface area (Å²) in [5.74, 6) is 2.87. The molecule has 2 aliphatic heterocycles. The van der Waals surface area contributed by atoms with E-state index in [0.29, 0.717) is 57.0 Å². The van der Waals surface area contributed by atoms with E-state index in [1.165, 1.54) is 10.5 Å². The van der Waals surface area contributed by atoms with Crippen molar-refractivity contribution in [2.24, 2.45) is 0 Å². The summed E-state index contributed by atoms with van der Waals surface area (Å²) < 4.78 is 11.0. The van der Waals surface area contributed by atoms with Crippen LogP contribution in [-0.4, -0.2) is 65.2 Å². The monoisotopic (exact) mass is 600 g/mol. The zero-order chi connectivity index (χ0) is 30.1. The number of urea groups is 1. The molecule has 6 rings (SSSR count). The number of methoxy groups -OCH3 is 2. The fourth-order valence-corrected chi connectivity index (χ4v) is 5.89. The third-order valence-electron chi connectivity index (χ3n) is 7.98. The first kappa shape index (κ1) is 28.6. The molecular formula is C31H33ClN8O3. The zero-order valence-corrected chi connectivity index (χ0v) is 25.3. The number of pyridine rings is 2. The quantitative estimate of drug-likeness (QED) is 0.270. The number of halogens is 1. The maximum absolute atomic E-state index is 14.1. The van der Waals surface area contributed by atoms with Gasteiger partial charge in [0.2, 0.25) is 5.95 Å². The van der Waals surface area contributed by atoms with E-state index in [2.05, 4.69) is 44.3 Å². The molecule has 1 fully saturated rings. The maximum atomic E-state index is 14.1. The number of carbonyl (C=O) groups is 1. The van der Waals surface area contributed by atoms with Gasteiger partial charge in [0.1, 0.15) is 17.3 Å². The lowest BCUT2D eigenvalue weighted by Crippen LogP contribution is -2.46. The summed E-state index contributed by atoms with van der Waals surface area (Å²) in [6, 6.07) is 11.0. The van der Waals surface area contributed by atoms with Gasteiger partial charge in [0.15, 0.2) is 5.82 Å². The van der Waals surface area contributed by atoms with Gasteiger partial charge in [-0.2, -0.15) is 4.98 Å². The molecule has 0 unspecified atom stereocenters. The second-order valence-corrected chi connectivity index (χ2v) is 11.1. The van der Waals surface area contributed by atoms with Crippen molar-refractivity contribution in [3.05, 3.63) is 76.8 Å². The lowest BCUT2D eigenvalue weighted by Gasteiger charge is -2.36. The smallest absolute Gasteiger partial charge is 0.336 e. The van der Waals surface area contributed by atoms with Gasteiger partial charge in [0.05, 0.1) is 49.1 Å². The Hall–Kier alpha value is -4.48. The minimum absolute atomic E-state index is 0.210. The van der Waals surface area contributed by atoms with E-state index in [1.54, 1.807) is 55.9 Å². The Kier molecular flexibility index (Phi) is 8.00. The van der Waals surface area contributed by atoms with Gasteiger partial charge in [-0.1, -0.05) is 17.7 Å². The molecule has 0 radical (unpaired) electrons. The van der Waals surface area contributed by atoms with E-state index >= 15 is 0 Å².